The van der Waals surface area contributed by atoms with Gasteiger partial charge in [-0.2, -0.15) is 11.8 Å². The van der Waals surface area contributed by atoms with E-state index in [1.165, 1.54) is 0 Å². The van der Waals surface area contributed by atoms with Gasteiger partial charge in [-0.25, -0.2) is 5.48 Å². The lowest BCUT2D eigenvalue weighted by Crippen LogP contribution is -2.58. The van der Waals surface area contributed by atoms with E-state index in [9.17, 15) is 4.79 Å². The van der Waals surface area contributed by atoms with Crippen LogP contribution in [0.1, 0.15) is 29.5 Å². The van der Waals surface area contributed by atoms with Crippen LogP contribution in [0.5, 0.6) is 0 Å². The monoisotopic (exact) mass is 366 g/mol. The number of carbonyl (C=O) groups excluding carboxylic acids is 1. The molecule has 4 nitrogen and oxygen atoms in total. The smallest absolute Gasteiger partial charge is 0.263 e. The summed E-state index contributed by atoms with van der Waals surface area (Å²) in [6, 6.07) is 17.9. The molecule has 2 aromatic rings. The maximum absolute atomic E-state index is 12.1. The molecule has 0 aromatic heterocycles. The largest absolute Gasteiger partial charge is 0.299 e. The first-order valence-corrected chi connectivity index (χ1v) is 9.81. The average Bonchev–Trinajstić information content (AvgIpc) is 2.72. The molecule has 1 aliphatic heterocycles. The molecule has 0 unspecified atom stereocenters. The number of hydroxylamine groups is 1. The summed E-state index contributed by atoms with van der Waals surface area (Å²) in [5, 5.41) is 12.4. The standard InChI is InChI=1S/C21H22N2O2S/c24-20(23-25)21(12-14-26-15-13-21)22-16-19-10-8-18(9-11-19)7-6-17-4-2-1-3-5-17/h1-5,8-11,22,25H,12-16H2,(H,23,24). The van der Waals surface area contributed by atoms with Crippen molar-refractivity contribution in [3.05, 3.63) is 71.3 Å². The number of benzene rings is 2. The Kier molecular flexibility index (Phi) is 6.35. The van der Waals surface area contributed by atoms with Crippen LogP contribution in [0.3, 0.4) is 0 Å². The molecule has 2 aromatic carbocycles. The summed E-state index contributed by atoms with van der Waals surface area (Å²) < 4.78 is 0. The Morgan fingerprint density at radius 2 is 1.62 bits per heavy atom. The fraction of sp³-hybridized carbons (Fsp3) is 0.286. The Labute approximate surface area is 158 Å². The molecule has 1 saturated heterocycles. The van der Waals surface area contributed by atoms with Crippen LogP contribution < -0.4 is 10.8 Å². The van der Waals surface area contributed by atoms with Crippen molar-refractivity contribution in [2.45, 2.75) is 24.9 Å². The molecular formula is C21H22N2O2S. The molecule has 0 radical (unpaired) electrons. The first-order chi connectivity index (χ1) is 12.7. The highest BCUT2D eigenvalue weighted by Crippen LogP contribution is 2.27. The first kappa shape index (κ1) is 18.5. The van der Waals surface area contributed by atoms with Crippen LogP contribution in [0.2, 0.25) is 0 Å². The maximum Gasteiger partial charge on any atom is 0.263 e. The van der Waals surface area contributed by atoms with E-state index in [1.807, 2.05) is 71.8 Å². The van der Waals surface area contributed by atoms with E-state index in [0.717, 1.165) is 28.2 Å². The van der Waals surface area contributed by atoms with Gasteiger partial charge in [0.15, 0.2) is 0 Å². The summed E-state index contributed by atoms with van der Waals surface area (Å²) in [7, 11) is 0. The van der Waals surface area contributed by atoms with Crippen LogP contribution in [-0.4, -0.2) is 28.2 Å². The highest BCUT2D eigenvalue weighted by molar-refractivity contribution is 7.99. The van der Waals surface area contributed by atoms with Gasteiger partial charge in [-0.05, 0) is 54.2 Å². The van der Waals surface area contributed by atoms with Crippen LogP contribution in [0, 0.1) is 11.8 Å². The highest BCUT2D eigenvalue weighted by Gasteiger charge is 2.39. The summed E-state index contributed by atoms with van der Waals surface area (Å²) in [6.07, 6.45) is 1.43. The molecule has 0 spiro atoms. The van der Waals surface area contributed by atoms with Crippen LogP contribution in [-0.2, 0) is 11.3 Å². The lowest BCUT2D eigenvalue weighted by atomic mass is 9.91. The minimum atomic E-state index is -0.689. The summed E-state index contributed by atoms with van der Waals surface area (Å²) >= 11 is 1.84. The normalized spacial score (nSPS) is 15.6. The number of carbonyl (C=O) groups is 1. The fourth-order valence-electron chi connectivity index (χ4n) is 2.95. The number of thioether (sulfide) groups is 1. The summed E-state index contributed by atoms with van der Waals surface area (Å²) in [4.78, 5) is 12.1. The minimum absolute atomic E-state index is 0.344. The van der Waals surface area contributed by atoms with Gasteiger partial charge in [0.25, 0.3) is 5.91 Å². The van der Waals surface area contributed by atoms with Crippen molar-refractivity contribution in [1.29, 1.82) is 0 Å². The predicted octanol–water partition coefficient (Wildman–Crippen LogP) is 2.95. The highest BCUT2D eigenvalue weighted by atomic mass is 32.2. The molecule has 134 valence electrons. The molecular weight excluding hydrogens is 344 g/mol. The zero-order valence-electron chi connectivity index (χ0n) is 14.5. The zero-order valence-corrected chi connectivity index (χ0v) is 15.3. The van der Waals surface area contributed by atoms with Crippen molar-refractivity contribution >= 4 is 17.7 Å². The van der Waals surface area contributed by atoms with Gasteiger partial charge in [0.2, 0.25) is 0 Å². The van der Waals surface area contributed by atoms with Crippen molar-refractivity contribution < 1.29 is 10.0 Å². The Balaban J connectivity index is 1.64. The van der Waals surface area contributed by atoms with Crippen molar-refractivity contribution in [1.82, 2.24) is 10.8 Å². The number of nitrogens with one attached hydrogen (secondary N) is 2. The van der Waals surface area contributed by atoms with Gasteiger partial charge < -0.3 is 0 Å². The Morgan fingerprint density at radius 3 is 2.23 bits per heavy atom. The molecule has 3 rings (SSSR count). The molecule has 0 saturated carbocycles. The van der Waals surface area contributed by atoms with Gasteiger partial charge in [0.1, 0.15) is 5.54 Å². The zero-order chi connectivity index (χ0) is 18.2. The van der Waals surface area contributed by atoms with Gasteiger partial charge in [0.05, 0.1) is 0 Å². The number of amides is 1. The van der Waals surface area contributed by atoms with Crippen molar-refractivity contribution in [3.8, 4) is 11.8 Å². The summed E-state index contributed by atoms with van der Waals surface area (Å²) in [5.74, 6) is 7.78. The molecule has 0 atom stereocenters. The second kappa shape index (κ2) is 8.91. The van der Waals surface area contributed by atoms with Crippen LogP contribution in [0.4, 0.5) is 0 Å². The lowest BCUT2D eigenvalue weighted by molar-refractivity contribution is -0.136. The molecule has 1 amide bonds. The Bertz CT molecular complexity index is 788. The molecule has 1 heterocycles. The lowest BCUT2D eigenvalue weighted by Gasteiger charge is -2.35. The van der Waals surface area contributed by atoms with Gasteiger partial charge in [-0.1, -0.05) is 42.2 Å². The molecule has 1 fully saturated rings. The summed E-state index contributed by atoms with van der Waals surface area (Å²) in [6.45, 7) is 0.574. The minimum Gasteiger partial charge on any atom is -0.299 e. The van der Waals surface area contributed by atoms with E-state index < -0.39 is 5.54 Å². The van der Waals surface area contributed by atoms with Crippen LogP contribution in [0.15, 0.2) is 54.6 Å². The quantitative estimate of drug-likeness (QED) is 0.442. The van der Waals surface area contributed by atoms with Gasteiger partial charge >= 0.3 is 0 Å². The van der Waals surface area contributed by atoms with E-state index in [2.05, 4.69) is 17.2 Å². The van der Waals surface area contributed by atoms with Crippen molar-refractivity contribution in [3.63, 3.8) is 0 Å². The Hall–Kier alpha value is -2.26. The summed E-state index contributed by atoms with van der Waals surface area (Å²) in [5.41, 5.74) is 4.16. The van der Waals surface area contributed by atoms with Crippen molar-refractivity contribution in [2.75, 3.05) is 11.5 Å². The maximum atomic E-state index is 12.1. The van der Waals surface area contributed by atoms with Gasteiger partial charge in [-0.3, -0.25) is 15.3 Å². The SMILES string of the molecule is O=C(NO)C1(NCc2ccc(C#Cc3ccccc3)cc2)CCSCC1. The van der Waals surface area contributed by atoms with Crippen molar-refractivity contribution in [2.24, 2.45) is 0 Å². The third-order valence-corrected chi connectivity index (χ3v) is 5.58. The molecule has 3 N–H and O–H groups in total. The van der Waals surface area contributed by atoms with Gasteiger partial charge in [-0.15, -0.1) is 0 Å². The number of rotatable bonds is 4. The van der Waals surface area contributed by atoms with E-state index in [4.69, 9.17) is 5.21 Å². The molecule has 26 heavy (non-hydrogen) atoms. The van der Waals surface area contributed by atoms with Crippen LogP contribution >= 0.6 is 11.8 Å². The first-order valence-electron chi connectivity index (χ1n) is 8.65. The number of hydrogen-bond donors (Lipinski definition) is 3. The third-order valence-electron chi connectivity index (χ3n) is 4.59. The van der Waals surface area contributed by atoms with E-state index in [0.29, 0.717) is 19.4 Å². The molecule has 1 aliphatic rings. The van der Waals surface area contributed by atoms with Crippen LogP contribution in [0.25, 0.3) is 0 Å². The second-order valence-corrected chi connectivity index (χ2v) is 7.53. The average molecular weight is 366 g/mol. The third kappa shape index (κ3) is 4.67. The second-order valence-electron chi connectivity index (χ2n) is 6.30. The Morgan fingerprint density at radius 1 is 1.00 bits per heavy atom. The predicted molar refractivity (Wildman–Crippen MR) is 105 cm³/mol. The van der Waals surface area contributed by atoms with E-state index in [1.54, 1.807) is 0 Å². The topological polar surface area (TPSA) is 61.4 Å². The molecule has 5 heteroatoms. The molecule has 0 aliphatic carbocycles. The van der Waals surface area contributed by atoms with Gasteiger partial charge in [0, 0.05) is 17.7 Å². The van der Waals surface area contributed by atoms with E-state index >= 15 is 0 Å². The molecule has 0 bridgehead atoms. The number of hydrogen-bond acceptors (Lipinski definition) is 4. The van der Waals surface area contributed by atoms with E-state index in [-0.39, 0.29) is 5.91 Å². The fourth-order valence-corrected chi connectivity index (χ4v) is 4.14.